The van der Waals surface area contributed by atoms with E-state index in [-0.39, 0.29) is 35.1 Å². The van der Waals surface area contributed by atoms with E-state index in [1.165, 1.54) is 11.3 Å². The van der Waals surface area contributed by atoms with Crippen molar-refractivity contribution in [3.8, 4) is 6.07 Å². The number of sulfone groups is 1. The van der Waals surface area contributed by atoms with E-state index < -0.39 is 9.84 Å². The van der Waals surface area contributed by atoms with E-state index in [4.69, 9.17) is 5.26 Å². The molecule has 4 rings (SSSR count). The van der Waals surface area contributed by atoms with Gasteiger partial charge in [-0.3, -0.25) is 4.79 Å². The van der Waals surface area contributed by atoms with Crippen molar-refractivity contribution in [2.24, 2.45) is 0 Å². The highest BCUT2D eigenvalue weighted by Crippen LogP contribution is 2.28. The quantitative estimate of drug-likeness (QED) is 0.565. The molecule has 1 saturated heterocycles. The number of amides is 1. The van der Waals surface area contributed by atoms with Gasteiger partial charge in [0.2, 0.25) is 5.91 Å². The largest absolute Gasteiger partial charge is 0.350 e. The molecule has 10 heteroatoms. The van der Waals surface area contributed by atoms with Crippen molar-refractivity contribution in [2.75, 3.05) is 23.7 Å². The summed E-state index contributed by atoms with van der Waals surface area (Å²) in [4.78, 5) is 25.6. The SMILES string of the molecule is C[C@@H]1CN(C(=O)CCS(=O)(=O)c2cccc3ncsc23)[C@@H](C)CN1c1ccc(C#N)cn1. The van der Waals surface area contributed by atoms with E-state index in [0.717, 1.165) is 5.82 Å². The summed E-state index contributed by atoms with van der Waals surface area (Å²) in [6, 6.07) is 10.6. The molecule has 8 nitrogen and oxygen atoms in total. The minimum Gasteiger partial charge on any atom is -0.350 e. The van der Waals surface area contributed by atoms with Crippen LogP contribution in [-0.4, -0.2) is 60.1 Å². The molecule has 0 aliphatic carbocycles. The number of benzene rings is 1. The Hall–Kier alpha value is -3.03. The molecule has 1 aliphatic rings. The Morgan fingerprint density at radius 1 is 1.19 bits per heavy atom. The van der Waals surface area contributed by atoms with E-state index in [0.29, 0.717) is 28.9 Å². The molecule has 0 unspecified atom stereocenters. The van der Waals surface area contributed by atoms with Gasteiger partial charge in [-0.05, 0) is 38.1 Å². The zero-order chi connectivity index (χ0) is 22.9. The number of carbonyl (C=O) groups excluding carboxylic acids is 1. The summed E-state index contributed by atoms with van der Waals surface area (Å²) in [6.45, 7) is 5.02. The van der Waals surface area contributed by atoms with Crippen LogP contribution in [-0.2, 0) is 14.6 Å². The van der Waals surface area contributed by atoms with Crippen LogP contribution in [0.25, 0.3) is 10.2 Å². The van der Waals surface area contributed by atoms with Crippen molar-refractivity contribution in [2.45, 2.75) is 37.2 Å². The summed E-state index contributed by atoms with van der Waals surface area (Å²) in [7, 11) is -3.61. The number of thiazole rings is 1. The van der Waals surface area contributed by atoms with Gasteiger partial charge in [0.15, 0.2) is 9.84 Å². The molecule has 1 aromatic carbocycles. The number of hydrogen-bond acceptors (Lipinski definition) is 8. The van der Waals surface area contributed by atoms with E-state index in [1.54, 1.807) is 40.9 Å². The van der Waals surface area contributed by atoms with Gasteiger partial charge < -0.3 is 9.80 Å². The topological polar surface area (TPSA) is 107 Å². The monoisotopic (exact) mass is 469 g/mol. The van der Waals surface area contributed by atoms with Crippen molar-refractivity contribution < 1.29 is 13.2 Å². The van der Waals surface area contributed by atoms with E-state index in [9.17, 15) is 13.2 Å². The predicted octanol–water partition coefficient (Wildman–Crippen LogP) is 2.85. The molecule has 32 heavy (non-hydrogen) atoms. The number of nitrogens with zero attached hydrogens (tertiary/aromatic N) is 5. The third-order valence-corrected chi connectivity index (χ3v) is 8.47. The molecule has 1 amide bonds. The number of carbonyl (C=O) groups is 1. The molecule has 1 fully saturated rings. The fraction of sp³-hybridized carbons (Fsp3) is 0.364. The normalized spacial score (nSPS) is 19.2. The molecular weight excluding hydrogens is 446 g/mol. The molecule has 1 aliphatic heterocycles. The number of nitriles is 1. The highest BCUT2D eigenvalue weighted by atomic mass is 32.2. The maximum Gasteiger partial charge on any atom is 0.223 e. The molecule has 166 valence electrons. The van der Waals surface area contributed by atoms with Gasteiger partial charge in [-0.1, -0.05) is 6.07 Å². The number of pyridine rings is 1. The molecule has 2 atom stereocenters. The van der Waals surface area contributed by atoms with E-state index in [1.807, 2.05) is 19.9 Å². The molecule has 0 N–H and O–H groups in total. The first-order valence-electron chi connectivity index (χ1n) is 10.3. The maximum absolute atomic E-state index is 13.0. The van der Waals surface area contributed by atoms with Gasteiger partial charge >= 0.3 is 0 Å². The van der Waals surface area contributed by atoms with Crippen LogP contribution in [0.5, 0.6) is 0 Å². The number of aromatic nitrogens is 2. The summed E-state index contributed by atoms with van der Waals surface area (Å²) in [5, 5.41) is 8.96. The number of rotatable bonds is 5. The average Bonchev–Trinajstić information content (AvgIpc) is 3.28. The molecule has 3 aromatic rings. The summed E-state index contributed by atoms with van der Waals surface area (Å²) >= 11 is 1.29. The first-order valence-corrected chi connectivity index (χ1v) is 12.8. The van der Waals surface area contributed by atoms with Crippen molar-refractivity contribution in [3.63, 3.8) is 0 Å². The van der Waals surface area contributed by atoms with Crippen LogP contribution >= 0.6 is 11.3 Å². The Kier molecular flexibility index (Phi) is 6.13. The number of fused-ring (bicyclic) bond motifs is 1. The average molecular weight is 470 g/mol. The lowest BCUT2D eigenvalue weighted by atomic mass is 10.1. The Labute approximate surface area is 191 Å². The summed E-state index contributed by atoms with van der Waals surface area (Å²) < 4.78 is 26.5. The zero-order valence-electron chi connectivity index (χ0n) is 17.8. The van der Waals surface area contributed by atoms with Crippen LogP contribution in [0, 0.1) is 11.3 Å². The second-order valence-electron chi connectivity index (χ2n) is 7.94. The van der Waals surface area contributed by atoms with Gasteiger partial charge in [-0.15, -0.1) is 11.3 Å². The number of anilines is 1. The van der Waals surface area contributed by atoms with Gasteiger partial charge in [-0.2, -0.15) is 5.26 Å². The maximum atomic E-state index is 13.0. The Balaban J connectivity index is 1.43. The van der Waals surface area contributed by atoms with Crippen LogP contribution in [0.15, 0.2) is 46.9 Å². The first-order chi connectivity index (χ1) is 15.3. The van der Waals surface area contributed by atoms with Gasteiger partial charge in [-0.25, -0.2) is 18.4 Å². The van der Waals surface area contributed by atoms with Crippen molar-refractivity contribution >= 4 is 43.1 Å². The lowest BCUT2D eigenvalue weighted by Gasteiger charge is -2.44. The third-order valence-electron chi connectivity index (χ3n) is 5.72. The summed E-state index contributed by atoms with van der Waals surface area (Å²) in [5.41, 5.74) is 2.77. The Bertz CT molecular complexity index is 1280. The van der Waals surface area contributed by atoms with E-state index >= 15 is 0 Å². The lowest BCUT2D eigenvalue weighted by molar-refractivity contribution is -0.133. The molecule has 0 spiro atoms. The fourth-order valence-corrected chi connectivity index (χ4v) is 6.55. The summed E-state index contributed by atoms with van der Waals surface area (Å²) in [5.74, 6) is 0.356. The van der Waals surface area contributed by atoms with Crippen LogP contribution < -0.4 is 4.90 Å². The van der Waals surface area contributed by atoms with Crippen LogP contribution in [0.3, 0.4) is 0 Å². The van der Waals surface area contributed by atoms with Gasteiger partial charge in [0, 0.05) is 37.8 Å². The first kappa shape index (κ1) is 22.2. The van der Waals surface area contributed by atoms with Gasteiger partial charge in [0.1, 0.15) is 11.9 Å². The van der Waals surface area contributed by atoms with Gasteiger partial charge in [0.25, 0.3) is 0 Å². The molecule has 2 aromatic heterocycles. The second kappa shape index (κ2) is 8.84. The van der Waals surface area contributed by atoms with E-state index in [2.05, 4.69) is 20.9 Å². The third kappa shape index (κ3) is 4.31. The van der Waals surface area contributed by atoms with Crippen LogP contribution in [0.2, 0.25) is 0 Å². The second-order valence-corrected chi connectivity index (χ2v) is 10.9. The standard InChI is InChI=1S/C22H23N5O3S2/c1-15-13-27(16(2)12-26(15)20-7-6-17(10-23)11-24-20)21(28)8-9-32(29,30)19-5-3-4-18-22(19)31-14-25-18/h3-7,11,14-16H,8-9,12-13H2,1-2H3/t15-,16+/m1/s1. The molecule has 0 saturated carbocycles. The molecular formula is C22H23N5O3S2. The predicted molar refractivity (Wildman–Crippen MR) is 123 cm³/mol. The van der Waals surface area contributed by atoms with Crippen molar-refractivity contribution in [1.82, 2.24) is 14.9 Å². The minimum absolute atomic E-state index is 0.0122. The Morgan fingerprint density at radius 2 is 2.00 bits per heavy atom. The molecule has 3 heterocycles. The molecule has 0 radical (unpaired) electrons. The number of piperazine rings is 1. The molecule has 0 bridgehead atoms. The summed E-state index contributed by atoms with van der Waals surface area (Å²) in [6.07, 6.45) is 1.47. The smallest absolute Gasteiger partial charge is 0.223 e. The number of hydrogen-bond donors (Lipinski definition) is 0. The van der Waals surface area contributed by atoms with Gasteiger partial charge in [0.05, 0.1) is 31.9 Å². The Morgan fingerprint density at radius 3 is 2.72 bits per heavy atom. The van der Waals surface area contributed by atoms with Crippen LogP contribution in [0.4, 0.5) is 5.82 Å². The highest BCUT2D eigenvalue weighted by Gasteiger charge is 2.33. The fourth-order valence-electron chi connectivity index (χ4n) is 4.00. The zero-order valence-corrected chi connectivity index (χ0v) is 19.4. The lowest BCUT2D eigenvalue weighted by Crippen LogP contribution is -2.58. The highest BCUT2D eigenvalue weighted by molar-refractivity contribution is 7.91. The minimum atomic E-state index is -3.61. The van der Waals surface area contributed by atoms with Crippen molar-refractivity contribution in [1.29, 1.82) is 5.26 Å². The van der Waals surface area contributed by atoms with Crippen molar-refractivity contribution in [3.05, 3.63) is 47.6 Å². The van der Waals surface area contributed by atoms with Crippen LogP contribution in [0.1, 0.15) is 25.8 Å².